The molecule has 1 fully saturated rings. The fraction of sp³-hybridized carbons (Fsp3) is 1.00. The van der Waals surface area contributed by atoms with Crippen LogP contribution in [0.5, 0.6) is 0 Å². The van der Waals surface area contributed by atoms with Crippen molar-refractivity contribution in [3.63, 3.8) is 0 Å². The van der Waals surface area contributed by atoms with E-state index in [-0.39, 0.29) is 6.42 Å². The molecule has 108 valence electrons. The summed E-state index contributed by atoms with van der Waals surface area (Å²) in [5, 5.41) is 3.19. The van der Waals surface area contributed by atoms with Crippen LogP contribution < -0.4 is 11.1 Å². The number of likely N-dealkylation sites (tertiary alicyclic amines) is 1. The lowest BCUT2D eigenvalue weighted by Gasteiger charge is -2.30. The predicted molar refractivity (Wildman–Crippen MR) is 66.4 cm³/mol. The number of nitrogens with two attached hydrogens (primary N) is 1. The highest BCUT2D eigenvalue weighted by Crippen LogP contribution is 2.21. The molecule has 1 aliphatic heterocycles. The van der Waals surface area contributed by atoms with E-state index in [4.69, 9.17) is 5.73 Å². The Kier molecular flexibility index (Phi) is 6.96. The first-order valence-corrected chi connectivity index (χ1v) is 6.73. The Bertz CT molecular complexity index is 213. The first-order valence-electron chi connectivity index (χ1n) is 6.73. The monoisotopic (exact) mass is 267 g/mol. The molecule has 18 heavy (non-hydrogen) atoms. The number of alkyl halides is 3. The van der Waals surface area contributed by atoms with Crippen molar-refractivity contribution in [1.29, 1.82) is 0 Å². The smallest absolute Gasteiger partial charge is 0.328 e. The minimum atomic E-state index is -4.01. The number of halogens is 3. The van der Waals surface area contributed by atoms with E-state index in [0.717, 1.165) is 39.0 Å². The number of rotatable bonds is 7. The molecule has 0 amide bonds. The van der Waals surface area contributed by atoms with Crippen molar-refractivity contribution in [2.45, 2.75) is 44.3 Å². The van der Waals surface area contributed by atoms with Gasteiger partial charge >= 0.3 is 6.18 Å². The van der Waals surface area contributed by atoms with Crippen LogP contribution in [0, 0.1) is 0 Å². The molecule has 0 aromatic rings. The second-order valence-corrected chi connectivity index (χ2v) is 5.00. The molecule has 3 nitrogen and oxygen atoms in total. The topological polar surface area (TPSA) is 41.3 Å². The lowest BCUT2D eigenvalue weighted by Crippen LogP contribution is -2.42. The Labute approximate surface area is 107 Å². The van der Waals surface area contributed by atoms with Gasteiger partial charge in [-0.05, 0) is 45.3 Å². The van der Waals surface area contributed by atoms with Gasteiger partial charge in [0.05, 0.1) is 0 Å². The molecule has 0 spiro atoms. The maximum absolute atomic E-state index is 11.9. The van der Waals surface area contributed by atoms with Crippen molar-refractivity contribution < 1.29 is 13.2 Å². The normalized spacial score (nSPS) is 19.3. The van der Waals surface area contributed by atoms with Crippen LogP contribution in [0.25, 0.3) is 0 Å². The van der Waals surface area contributed by atoms with Crippen LogP contribution in [0.2, 0.25) is 0 Å². The summed E-state index contributed by atoms with van der Waals surface area (Å²) in [6, 6.07) is 0.344. The molecule has 0 saturated carbocycles. The van der Waals surface area contributed by atoms with E-state index in [1.165, 1.54) is 0 Å². The maximum Gasteiger partial charge on any atom is 0.389 e. The average Bonchev–Trinajstić information content (AvgIpc) is 2.29. The average molecular weight is 267 g/mol. The summed E-state index contributed by atoms with van der Waals surface area (Å²) in [5.41, 5.74) is 5.81. The van der Waals surface area contributed by atoms with E-state index in [2.05, 4.69) is 10.2 Å². The van der Waals surface area contributed by atoms with Gasteiger partial charge in [-0.1, -0.05) is 0 Å². The first-order chi connectivity index (χ1) is 8.47. The summed E-state index contributed by atoms with van der Waals surface area (Å²) in [6.07, 6.45) is -1.78. The number of unbranched alkanes of at least 4 members (excludes halogenated alkanes) is 1. The van der Waals surface area contributed by atoms with Gasteiger partial charge in [0.15, 0.2) is 0 Å². The van der Waals surface area contributed by atoms with Crippen molar-refractivity contribution in [2.24, 2.45) is 5.73 Å². The number of hydrogen-bond donors (Lipinski definition) is 2. The molecule has 1 saturated heterocycles. The minimum absolute atomic E-state index is 0.217. The Morgan fingerprint density at radius 2 is 1.78 bits per heavy atom. The molecule has 0 bridgehead atoms. The number of piperidine rings is 1. The molecule has 1 aliphatic rings. The zero-order valence-corrected chi connectivity index (χ0v) is 10.8. The standard InChI is InChI=1S/C12H24F3N3/c13-12(14,15)5-1-2-6-17-7-10-18-8-3-11(16)4-9-18/h11,17H,1-10,16H2. The third-order valence-electron chi connectivity index (χ3n) is 3.30. The van der Waals surface area contributed by atoms with Crippen molar-refractivity contribution in [1.82, 2.24) is 10.2 Å². The van der Waals surface area contributed by atoms with Crippen molar-refractivity contribution in [3.05, 3.63) is 0 Å². The zero-order valence-electron chi connectivity index (χ0n) is 10.8. The summed E-state index contributed by atoms with van der Waals surface area (Å²) < 4.78 is 35.6. The van der Waals surface area contributed by atoms with Crippen LogP contribution in [0.3, 0.4) is 0 Å². The minimum Gasteiger partial charge on any atom is -0.328 e. The molecule has 3 N–H and O–H groups in total. The Morgan fingerprint density at radius 1 is 1.11 bits per heavy atom. The number of hydrogen-bond acceptors (Lipinski definition) is 3. The number of nitrogens with zero attached hydrogens (tertiary/aromatic N) is 1. The van der Waals surface area contributed by atoms with Crippen LogP contribution in [0.15, 0.2) is 0 Å². The summed E-state index contributed by atoms with van der Waals surface area (Å²) in [6.45, 7) is 4.56. The molecule has 6 heteroatoms. The van der Waals surface area contributed by atoms with Crippen LogP contribution in [0.1, 0.15) is 32.1 Å². The second-order valence-electron chi connectivity index (χ2n) is 5.00. The van der Waals surface area contributed by atoms with Crippen molar-refractivity contribution in [2.75, 3.05) is 32.7 Å². The van der Waals surface area contributed by atoms with Gasteiger partial charge < -0.3 is 16.0 Å². The Hall–Kier alpha value is -0.330. The fourth-order valence-corrected chi connectivity index (χ4v) is 2.11. The van der Waals surface area contributed by atoms with Crippen LogP contribution >= 0.6 is 0 Å². The predicted octanol–water partition coefficient (Wildman–Crippen LogP) is 1.73. The highest BCUT2D eigenvalue weighted by molar-refractivity contribution is 4.74. The Morgan fingerprint density at radius 3 is 2.39 bits per heavy atom. The lowest BCUT2D eigenvalue weighted by molar-refractivity contribution is -0.135. The van der Waals surface area contributed by atoms with Gasteiger partial charge in [-0.15, -0.1) is 0 Å². The van der Waals surface area contributed by atoms with Crippen molar-refractivity contribution in [3.8, 4) is 0 Å². The zero-order chi connectivity index (χ0) is 13.4. The van der Waals surface area contributed by atoms with E-state index >= 15 is 0 Å². The van der Waals surface area contributed by atoms with Crippen LogP contribution in [-0.4, -0.2) is 49.8 Å². The third-order valence-corrected chi connectivity index (χ3v) is 3.30. The highest BCUT2D eigenvalue weighted by Gasteiger charge is 2.25. The molecular formula is C12H24F3N3. The van der Waals surface area contributed by atoms with Crippen LogP contribution in [0.4, 0.5) is 13.2 Å². The molecular weight excluding hydrogens is 243 g/mol. The van der Waals surface area contributed by atoms with E-state index in [1.807, 2.05) is 0 Å². The van der Waals surface area contributed by atoms with Gasteiger partial charge in [-0.25, -0.2) is 0 Å². The molecule has 0 radical (unpaired) electrons. The van der Waals surface area contributed by atoms with Gasteiger partial charge in [-0.2, -0.15) is 13.2 Å². The third kappa shape index (κ3) is 7.89. The van der Waals surface area contributed by atoms with Crippen molar-refractivity contribution >= 4 is 0 Å². The Balaban J connectivity index is 1.87. The molecule has 0 atom stereocenters. The van der Waals surface area contributed by atoms with E-state index in [9.17, 15) is 13.2 Å². The molecule has 1 rings (SSSR count). The maximum atomic E-state index is 11.9. The number of nitrogens with one attached hydrogen (secondary N) is 1. The molecule has 0 unspecified atom stereocenters. The first kappa shape index (κ1) is 15.7. The SMILES string of the molecule is NC1CCN(CCNCCCCC(F)(F)F)CC1. The molecule has 0 aromatic heterocycles. The van der Waals surface area contributed by atoms with Crippen LogP contribution in [-0.2, 0) is 0 Å². The highest BCUT2D eigenvalue weighted by atomic mass is 19.4. The second kappa shape index (κ2) is 7.96. The van der Waals surface area contributed by atoms with Gasteiger partial charge in [-0.3, -0.25) is 0 Å². The van der Waals surface area contributed by atoms with E-state index in [0.29, 0.717) is 19.0 Å². The largest absolute Gasteiger partial charge is 0.389 e. The van der Waals surface area contributed by atoms with E-state index in [1.54, 1.807) is 0 Å². The van der Waals surface area contributed by atoms with Gasteiger partial charge in [0, 0.05) is 25.6 Å². The molecule has 0 aliphatic carbocycles. The molecule has 0 aromatic carbocycles. The van der Waals surface area contributed by atoms with E-state index < -0.39 is 12.6 Å². The van der Waals surface area contributed by atoms with Gasteiger partial charge in [0.25, 0.3) is 0 Å². The molecule has 1 heterocycles. The lowest BCUT2D eigenvalue weighted by atomic mass is 10.1. The van der Waals surface area contributed by atoms with Gasteiger partial charge in [0.1, 0.15) is 0 Å². The van der Waals surface area contributed by atoms with Gasteiger partial charge in [0.2, 0.25) is 0 Å². The quantitative estimate of drug-likeness (QED) is 0.690. The summed E-state index contributed by atoms with van der Waals surface area (Å²) in [7, 11) is 0. The fourth-order valence-electron chi connectivity index (χ4n) is 2.11. The summed E-state index contributed by atoms with van der Waals surface area (Å²) >= 11 is 0. The summed E-state index contributed by atoms with van der Waals surface area (Å²) in [5.74, 6) is 0. The summed E-state index contributed by atoms with van der Waals surface area (Å²) in [4.78, 5) is 2.35.